The Morgan fingerprint density at radius 1 is 1.35 bits per heavy atom. The van der Waals surface area contributed by atoms with Crippen molar-refractivity contribution in [2.24, 2.45) is 5.92 Å². The maximum absolute atomic E-state index is 4.49. The van der Waals surface area contributed by atoms with Crippen molar-refractivity contribution in [2.75, 3.05) is 6.54 Å². The first kappa shape index (κ1) is 11.8. The van der Waals surface area contributed by atoms with Crippen molar-refractivity contribution >= 4 is 0 Å². The summed E-state index contributed by atoms with van der Waals surface area (Å²) in [4.78, 5) is 4.08. The van der Waals surface area contributed by atoms with E-state index in [2.05, 4.69) is 29.2 Å². The van der Waals surface area contributed by atoms with Crippen LogP contribution in [0, 0.1) is 5.92 Å². The fraction of sp³-hybridized carbons (Fsp3) is 0.385. The summed E-state index contributed by atoms with van der Waals surface area (Å²) in [6.45, 7) is 6.22. The van der Waals surface area contributed by atoms with Crippen LogP contribution in [0.1, 0.15) is 19.5 Å². The highest BCUT2D eigenvalue weighted by Gasteiger charge is 2.01. The molecule has 0 radical (unpaired) electrons. The van der Waals surface area contributed by atoms with Gasteiger partial charge in [-0.25, -0.2) is 4.68 Å². The van der Waals surface area contributed by atoms with Crippen molar-refractivity contribution < 1.29 is 0 Å². The lowest BCUT2D eigenvalue weighted by molar-refractivity contribution is 0.546. The molecule has 0 aliphatic rings. The summed E-state index contributed by atoms with van der Waals surface area (Å²) in [5, 5.41) is 7.87. The van der Waals surface area contributed by atoms with Gasteiger partial charge in [0.05, 0.1) is 17.6 Å². The molecule has 0 fully saturated rings. The summed E-state index contributed by atoms with van der Waals surface area (Å²) in [5.41, 5.74) is 2.04. The number of nitrogens with zero attached hydrogens (tertiary/aromatic N) is 3. The smallest absolute Gasteiger partial charge is 0.0828 e. The summed E-state index contributed by atoms with van der Waals surface area (Å²) in [7, 11) is 0. The average molecular weight is 230 g/mol. The predicted octanol–water partition coefficient (Wildman–Crippen LogP) is 2.01. The number of aromatic nitrogens is 3. The van der Waals surface area contributed by atoms with Gasteiger partial charge in [-0.3, -0.25) is 4.98 Å². The highest BCUT2D eigenvalue weighted by atomic mass is 15.3. The van der Waals surface area contributed by atoms with Crippen molar-refractivity contribution in [1.29, 1.82) is 0 Å². The Morgan fingerprint density at radius 3 is 2.94 bits per heavy atom. The zero-order valence-electron chi connectivity index (χ0n) is 10.3. The molecule has 0 amide bonds. The minimum atomic E-state index is 0.662. The molecular formula is C13H18N4. The normalized spacial score (nSPS) is 11.0. The Hall–Kier alpha value is -1.68. The lowest BCUT2D eigenvalue weighted by atomic mass is 10.2. The van der Waals surface area contributed by atoms with E-state index in [1.54, 1.807) is 12.4 Å². The molecule has 0 bridgehead atoms. The second-order valence-electron chi connectivity index (χ2n) is 4.49. The van der Waals surface area contributed by atoms with E-state index in [4.69, 9.17) is 0 Å². The Balaban J connectivity index is 1.97. The van der Waals surface area contributed by atoms with Crippen LogP contribution in [-0.4, -0.2) is 21.3 Å². The van der Waals surface area contributed by atoms with Gasteiger partial charge in [0.15, 0.2) is 0 Å². The maximum atomic E-state index is 4.49. The van der Waals surface area contributed by atoms with E-state index >= 15 is 0 Å². The lowest BCUT2D eigenvalue weighted by Crippen LogP contribution is -2.19. The first-order valence-corrected chi connectivity index (χ1v) is 5.91. The van der Waals surface area contributed by atoms with Crippen molar-refractivity contribution in [2.45, 2.75) is 20.4 Å². The lowest BCUT2D eigenvalue weighted by Gasteiger charge is -2.05. The first-order valence-electron chi connectivity index (χ1n) is 5.91. The van der Waals surface area contributed by atoms with Gasteiger partial charge in [-0.1, -0.05) is 13.8 Å². The fourth-order valence-electron chi connectivity index (χ4n) is 1.58. The topological polar surface area (TPSA) is 42.7 Å². The third kappa shape index (κ3) is 3.39. The zero-order chi connectivity index (χ0) is 12.1. The summed E-state index contributed by atoms with van der Waals surface area (Å²) < 4.78 is 1.85. The van der Waals surface area contributed by atoms with Crippen LogP contribution in [0.25, 0.3) is 5.69 Å². The average Bonchev–Trinajstić information content (AvgIpc) is 2.78. The van der Waals surface area contributed by atoms with Gasteiger partial charge >= 0.3 is 0 Å². The van der Waals surface area contributed by atoms with Crippen molar-refractivity contribution in [3.63, 3.8) is 0 Å². The molecular weight excluding hydrogens is 212 g/mol. The monoisotopic (exact) mass is 230 g/mol. The molecule has 2 rings (SSSR count). The van der Waals surface area contributed by atoms with Crippen LogP contribution < -0.4 is 5.32 Å². The highest BCUT2D eigenvalue weighted by Crippen LogP contribution is 2.05. The molecule has 0 aromatic carbocycles. The van der Waals surface area contributed by atoms with Gasteiger partial charge in [-0.15, -0.1) is 0 Å². The highest BCUT2D eigenvalue weighted by molar-refractivity contribution is 5.26. The Kier molecular flexibility index (Phi) is 3.88. The van der Waals surface area contributed by atoms with Gasteiger partial charge in [0.25, 0.3) is 0 Å². The minimum Gasteiger partial charge on any atom is -0.311 e. The van der Waals surface area contributed by atoms with Crippen LogP contribution in [0.15, 0.2) is 36.8 Å². The van der Waals surface area contributed by atoms with Gasteiger partial charge in [0.1, 0.15) is 0 Å². The van der Waals surface area contributed by atoms with E-state index in [1.807, 2.05) is 29.1 Å². The molecule has 2 aromatic heterocycles. The first-order chi connectivity index (χ1) is 8.25. The molecule has 2 heterocycles. The molecule has 0 unspecified atom stereocenters. The Morgan fingerprint density at radius 2 is 2.24 bits per heavy atom. The Bertz CT molecular complexity index is 447. The molecule has 0 saturated heterocycles. The molecule has 0 saturated carbocycles. The minimum absolute atomic E-state index is 0.662. The van der Waals surface area contributed by atoms with Crippen LogP contribution in [0.5, 0.6) is 0 Å². The number of pyridine rings is 1. The van der Waals surface area contributed by atoms with E-state index in [0.29, 0.717) is 5.92 Å². The van der Waals surface area contributed by atoms with Gasteiger partial charge < -0.3 is 5.32 Å². The van der Waals surface area contributed by atoms with Gasteiger partial charge in [0, 0.05) is 18.9 Å². The molecule has 90 valence electrons. The molecule has 1 N–H and O–H groups in total. The summed E-state index contributed by atoms with van der Waals surface area (Å²) >= 11 is 0. The fourth-order valence-corrected chi connectivity index (χ4v) is 1.58. The van der Waals surface area contributed by atoms with Crippen LogP contribution in [0.3, 0.4) is 0 Å². The summed E-state index contributed by atoms with van der Waals surface area (Å²) in [5.74, 6) is 0.662. The summed E-state index contributed by atoms with van der Waals surface area (Å²) in [6.07, 6.45) is 5.53. The maximum Gasteiger partial charge on any atom is 0.0828 e. The van der Waals surface area contributed by atoms with E-state index in [-0.39, 0.29) is 0 Å². The van der Waals surface area contributed by atoms with Crippen LogP contribution in [0.4, 0.5) is 0 Å². The number of hydrogen-bond acceptors (Lipinski definition) is 3. The third-order valence-electron chi connectivity index (χ3n) is 2.41. The van der Waals surface area contributed by atoms with Crippen LogP contribution in [-0.2, 0) is 6.54 Å². The molecule has 17 heavy (non-hydrogen) atoms. The molecule has 0 aliphatic heterocycles. The van der Waals surface area contributed by atoms with Gasteiger partial charge in [0.2, 0.25) is 0 Å². The number of hydrogen-bond donors (Lipinski definition) is 1. The zero-order valence-corrected chi connectivity index (χ0v) is 10.3. The van der Waals surface area contributed by atoms with E-state index in [0.717, 1.165) is 24.5 Å². The van der Waals surface area contributed by atoms with E-state index in [9.17, 15) is 0 Å². The van der Waals surface area contributed by atoms with Gasteiger partial charge in [-0.2, -0.15) is 5.10 Å². The second kappa shape index (κ2) is 5.59. The SMILES string of the molecule is CC(C)CNCc1ccn(-c2cccnc2)n1. The van der Waals surface area contributed by atoms with Crippen LogP contribution in [0.2, 0.25) is 0 Å². The molecule has 0 spiro atoms. The molecule has 4 heteroatoms. The number of rotatable bonds is 5. The van der Waals surface area contributed by atoms with Crippen molar-refractivity contribution in [1.82, 2.24) is 20.1 Å². The quantitative estimate of drug-likeness (QED) is 0.854. The molecule has 0 atom stereocenters. The van der Waals surface area contributed by atoms with Crippen molar-refractivity contribution in [3.8, 4) is 5.69 Å². The summed E-state index contributed by atoms with van der Waals surface area (Å²) in [6, 6.07) is 5.93. The molecule has 2 aromatic rings. The Labute approximate surface area is 102 Å². The van der Waals surface area contributed by atoms with Crippen LogP contribution >= 0.6 is 0 Å². The van der Waals surface area contributed by atoms with E-state index in [1.165, 1.54) is 0 Å². The second-order valence-corrected chi connectivity index (χ2v) is 4.49. The standard InChI is InChI=1S/C13H18N4/c1-11(2)8-15-9-12-5-7-17(16-12)13-4-3-6-14-10-13/h3-7,10-11,15H,8-9H2,1-2H3. The molecule has 0 aliphatic carbocycles. The van der Waals surface area contributed by atoms with E-state index < -0.39 is 0 Å². The van der Waals surface area contributed by atoms with Crippen molar-refractivity contribution in [3.05, 3.63) is 42.5 Å². The number of nitrogens with one attached hydrogen (secondary N) is 1. The third-order valence-corrected chi connectivity index (χ3v) is 2.41. The predicted molar refractivity (Wildman–Crippen MR) is 67.9 cm³/mol. The van der Waals surface area contributed by atoms with Gasteiger partial charge in [-0.05, 0) is 30.7 Å². The molecule has 4 nitrogen and oxygen atoms in total. The largest absolute Gasteiger partial charge is 0.311 e.